The molecule has 1 aliphatic heterocycles. The second-order valence-electron chi connectivity index (χ2n) is 5.26. The predicted octanol–water partition coefficient (Wildman–Crippen LogP) is 2.52. The van der Waals surface area contributed by atoms with Gasteiger partial charge in [0.15, 0.2) is 0 Å². The molecular weight excluding hydrogens is 252 g/mol. The number of rotatable bonds is 2. The summed E-state index contributed by atoms with van der Waals surface area (Å²) in [4.78, 5) is 17.0. The summed E-state index contributed by atoms with van der Waals surface area (Å²) < 4.78 is 5.70. The maximum absolute atomic E-state index is 12.7. The van der Waals surface area contributed by atoms with E-state index >= 15 is 0 Å². The largest absolute Gasteiger partial charge is 0.461 e. The molecule has 0 bridgehead atoms. The van der Waals surface area contributed by atoms with E-state index in [2.05, 4.69) is 11.8 Å². The minimum absolute atomic E-state index is 0.100. The number of benzene rings is 1. The number of hydrogen-bond donors (Lipinski definition) is 0. The molecule has 1 fully saturated rings. The number of furan rings is 1. The zero-order chi connectivity index (χ0) is 14.1. The summed E-state index contributed by atoms with van der Waals surface area (Å²) in [5, 5.41) is 0.924. The van der Waals surface area contributed by atoms with Gasteiger partial charge in [-0.05, 0) is 19.5 Å². The average molecular weight is 272 g/mol. The van der Waals surface area contributed by atoms with Gasteiger partial charge in [0, 0.05) is 31.6 Å². The highest BCUT2D eigenvalue weighted by Crippen LogP contribution is 2.26. The van der Waals surface area contributed by atoms with Crippen molar-refractivity contribution in [2.45, 2.75) is 13.8 Å². The Labute approximate surface area is 119 Å². The molecule has 1 saturated heterocycles. The molecule has 4 nitrogen and oxygen atoms in total. The quantitative estimate of drug-likeness (QED) is 0.843. The van der Waals surface area contributed by atoms with E-state index in [1.54, 1.807) is 0 Å². The number of hydrogen-bond acceptors (Lipinski definition) is 3. The number of amides is 1. The van der Waals surface area contributed by atoms with E-state index in [0.717, 1.165) is 49.3 Å². The van der Waals surface area contributed by atoms with Crippen molar-refractivity contribution in [3.8, 4) is 0 Å². The Balaban J connectivity index is 1.88. The molecule has 0 radical (unpaired) electrons. The number of nitrogens with zero attached hydrogens (tertiary/aromatic N) is 2. The molecule has 1 aliphatic rings. The second-order valence-corrected chi connectivity index (χ2v) is 5.26. The fourth-order valence-electron chi connectivity index (χ4n) is 2.86. The Kier molecular flexibility index (Phi) is 3.49. The number of piperazine rings is 1. The Morgan fingerprint density at radius 2 is 1.90 bits per heavy atom. The molecule has 1 aromatic carbocycles. The van der Waals surface area contributed by atoms with Crippen molar-refractivity contribution in [1.29, 1.82) is 0 Å². The molecule has 0 N–H and O–H groups in total. The van der Waals surface area contributed by atoms with Crippen LogP contribution in [0.1, 0.15) is 23.0 Å². The minimum atomic E-state index is 0.100. The molecule has 2 aromatic rings. The van der Waals surface area contributed by atoms with Gasteiger partial charge in [-0.1, -0.05) is 25.1 Å². The van der Waals surface area contributed by atoms with Gasteiger partial charge in [-0.2, -0.15) is 0 Å². The molecule has 106 valence electrons. The maximum Gasteiger partial charge on any atom is 0.258 e. The fraction of sp³-hybridized carbons (Fsp3) is 0.438. The molecule has 0 spiro atoms. The van der Waals surface area contributed by atoms with Gasteiger partial charge in [-0.25, -0.2) is 0 Å². The van der Waals surface area contributed by atoms with Gasteiger partial charge in [0.25, 0.3) is 5.91 Å². The number of likely N-dealkylation sites (N-methyl/N-ethyl adjacent to an activating group) is 1. The molecule has 0 atom stereocenters. The van der Waals surface area contributed by atoms with Crippen molar-refractivity contribution < 1.29 is 9.21 Å². The summed E-state index contributed by atoms with van der Waals surface area (Å²) in [5.41, 5.74) is 1.52. The van der Waals surface area contributed by atoms with Crippen LogP contribution in [-0.2, 0) is 0 Å². The summed E-state index contributed by atoms with van der Waals surface area (Å²) in [7, 11) is 0. The van der Waals surface area contributed by atoms with Gasteiger partial charge >= 0.3 is 0 Å². The van der Waals surface area contributed by atoms with Gasteiger partial charge in [0.05, 0.1) is 5.56 Å². The van der Waals surface area contributed by atoms with Crippen LogP contribution in [0.2, 0.25) is 0 Å². The van der Waals surface area contributed by atoms with Crippen LogP contribution >= 0.6 is 0 Å². The van der Waals surface area contributed by atoms with Crippen LogP contribution in [0, 0.1) is 6.92 Å². The first-order chi connectivity index (χ1) is 9.70. The average Bonchev–Trinajstić information content (AvgIpc) is 2.82. The summed E-state index contributed by atoms with van der Waals surface area (Å²) >= 11 is 0. The van der Waals surface area contributed by atoms with Gasteiger partial charge in [0.2, 0.25) is 0 Å². The highest BCUT2D eigenvalue weighted by atomic mass is 16.3. The van der Waals surface area contributed by atoms with E-state index in [0.29, 0.717) is 5.76 Å². The number of carbonyl (C=O) groups is 1. The maximum atomic E-state index is 12.7. The number of para-hydroxylation sites is 1. The standard InChI is InChI=1S/C16H20N2O2/c1-3-17-8-10-18(11-9-17)16(19)15-12(2)20-14-7-5-4-6-13(14)15/h4-7H,3,8-11H2,1-2H3. The van der Waals surface area contributed by atoms with Gasteiger partial charge in [-0.3, -0.25) is 4.79 Å². The molecule has 0 unspecified atom stereocenters. The molecule has 1 aromatic heterocycles. The van der Waals surface area contributed by atoms with E-state index in [-0.39, 0.29) is 5.91 Å². The van der Waals surface area contributed by atoms with E-state index in [4.69, 9.17) is 4.42 Å². The highest BCUT2D eigenvalue weighted by Gasteiger charge is 2.25. The van der Waals surface area contributed by atoms with Gasteiger partial charge in [0.1, 0.15) is 11.3 Å². The Hall–Kier alpha value is -1.81. The van der Waals surface area contributed by atoms with E-state index < -0.39 is 0 Å². The van der Waals surface area contributed by atoms with Crippen molar-refractivity contribution in [3.05, 3.63) is 35.6 Å². The number of fused-ring (bicyclic) bond motifs is 1. The van der Waals surface area contributed by atoms with Crippen LogP contribution in [-0.4, -0.2) is 48.4 Å². The van der Waals surface area contributed by atoms with Crippen molar-refractivity contribution >= 4 is 16.9 Å². The Morgan fingerprint density at radius 1 is 1.20 bits per heavy atom. The first-order valence-electron chi connectivity index (χ1n) is 7.20. The van der Waals surface area contributed by atoms with E-state index in [9.17, 15) is 4.79 Å². The normalized spacial score (nSPS) is 16.8. The summed E-state index contributed by atoms with van der Waals surface area (Å²) in [6.07, 6.45) is 0. The second kappa shape index (κ2) is 5.29. The number of carbonyl (C=O) groups excluding carboxylic acids is 1. The molecule has 3 rings (SSSR count). The molecule has 1 amide bonds. The molecule has 0 aliphatic carbocycles. The van der Waals surface area contributed by atoms with Crippen LogP contribution in [0.25, 0.3) is 11.0 Å². The van der Waals surface area contributed by atoms with Crippen LogP contribution in [0.4, 0.5) is 0 Å². The highest BCUT2D eigenvalue weighted by molar-refractivity contribution is 6.07. The Bertz CT molecular complexity index is 624. The summed E-state index contributed by atoms with van der Waals surface area (Å²) in [6.45, 7) is 8.59. The van der Waals surface area contributed by atoms with Crippen LogP contribution in [0.15, 0.2) is 28.7 Å². The molecular formula is C16H20N2O2. The summed E-state index contributed by atoms with van der Waals surface area (Å²) in [5.74, 6) is 0.817. The van der Waals surface area contributed by atoms with Gasteiger partial charge in [-0.15, -0.1) is 0 Å². The lowest BCUT2D eigenvalue weighted by atomic mass is 10.1. The van der Waals surface area contributed by atoms with E-state index in [1.165, 1.54) is 0 Å². The lowest BCUT2D eigenvalue weighted by Gasteiger charge is -2.34. The first-order valence-corrected chi connectivity index (χ1v) is 7.20. The minimum Gasteiger partial charge on any atom is -0.461 e. The smallest absolute Gasteiger partial charge is 0.258 e. The SMILES string of the molecule is CCN1CCN(C(=O)c2c(C)oc3ccccc23)CC1. The zero-order valence-electron chi connectivity index (χ0n) is 12.1. The molecule has 2 heterocycles. The van der Waals surface area contributed by atoms with Crippen molar-refractivity contribution in [1.82, 2.24) is 9.80 Å². The van der Waals surface area contributed by atoms with Crippen LogP contribution in [0.3, 0.4) is 0 Å². The van der Waals surface area contributed by atoms with Crippen LogP contribution in [0.5, 0.6) is 0 Å². The first kappa shape index (κ1) is 13.2. The summed E-state index contributed by atoms with van der Waals surface area (Å²) in [6, 6.07) is 7.75. The number of aryl methyl sites for hydroxylation is 1. The Morgan fingerprint density at radius 3 is 2.60 bits per heavy atom. The van der Waals surface area contributed by atoms with E-state index in [1.807, 2.05) is 36.1 Å². The monoisotopic (exact) mass is 272 g/mol. The van der Waals surface area contributed by atoms with Crippen molar-refractivity contribution in [2.24, 2.45) is 0 Å². The third-order valence-corrected chi connectivity index (χ3v) is 4.09. The lowest BCUT2D eigenvalue weighted by Crippen LogP contribution is -2.48. The lowest BCUT2D eigenvalue weighted by molar-refractivity contribution is 0.0643. The zero-order valence-corrected chi connectivity index (χ0v) is 12.1. The van der Waals surface area contributed by atoms with Crippen molar-refractivity contribution in [3.63, 3.8) is 0 Å². The van der Waals surface area contributed by atoms with Gasteiger partial charge < -0.3 is 14.2 Å². The topological polar surface area (TPSA) is 36.7 Å². The third kappa shape index (κ3) is 2.20. The molecule has 0 saturated carbocycles. The predicted molar refractivity (Wildman–Crippen MR) is 79.0 cm³/mol. The fourth-order valence-corrected chi connectivity index (χ4v) is 2.86. The van der Waals surface area contributed by atoms with Crippen molar-refractivity contribution in [2.75, 3.05) is 32.7 Å². The molecule has 4 heteroatoms. The third-order valence-electron chi connectivity index (χ3n) is 4.09. The van der Waals surface area contributed by atoms with Crippen LogP contribution < -0.4 is 0 Å². The molecule has 20 heavy (non-hydrogen) atoms.